The Kier molecular flexibility index (Phi) is 6.71. The quantitative estimate of drug-likeness (QED) is 0.636. The van der Waals surface area contributed by atoms with Crippen LogP contribution in [-0.2, 0) is 25.7 Å². The summed E-state index contributed by atoms with van der Waals surface area (Å²) in [7, 11) is 0. The number of morpholine rings is 1. The fourth-order valence-electron chi connectivity index (χ4n) is 4.29. The van der Waals surface area contributed by atoms with E-state index in [1.807, 2.05) is 18.2 Å². The number of nitrogens with zero attached hydrogens (tertiary/aromatic N) is 2. The predicted molar refractivity (Wildman–Crippen MR) is 124 cm³/mol. The third-order valence-corrected chi connectivity index (χ3v) is 6.27. The first-order valence-corrected chi connectivity index (χ1v) is 11.6. The van der Waals surface area contributed by atoms with Gasteiger partial charge in [0.05, 0.1) is 19.1 Å². The lowest BCUT2D eigenvalue weighted by Crippen LogP contribution is -2.42. The van der Waals surface area contributed by atoms with Crippen molar-refractivity contribution in [3.05, 3.63) is 48.0 Å². The number of fused-ring (bicyclic) bond motifs is 1. The van der Waals surface area contributed by atoms with E-state index in [1.54, 1.807) is 34.1 Å². The van der Waals surface area contributed by atoms with Gasteiger partial charge in [-0.3, -0.25) is 14.4 Å². The minimum atomic E-state index is -0.432. The summed E-state index contributed by atoms with van der Waals surface area (Å²) in [5, 5.41) is 2.91. The molecule has 35 heavy (non-hydrogen) atoms. The first-order valence-electron chi connectivity index (χ1n) is 11.6. The SMILES string of the molecule is O=C(NCc1ccc2c(c1)OCO2)[C@H]1CC(=O)N(c2ccc(OCC(=O)N3CCOCC3)cc2)C1. The second-order valence-corrected chi connectivity index (χ2v) is 8.59. The van der Waals surface area contributed by atoms with Gasteiger partial charge in [-0.05, 0) is 42.0 Å². The van der Waals surface area contributed by atoms with Crippen LogP contribution in [0.5, 0.6) is 17.2 Å². The first-order chi connectivity index (χ1) is 17.1. The molecule has 3 amide bonds. The van der Waals surface area contributed by atoms with Gasteiger partial charge in [-0.25, -0.2) is 0 Å². The standard InChI is InChI=1S/C25H27N3O7/c29-23-12-18(25(31)26-13-17-1-6-21-22(11-17)35-16-34-21)14-28(23)19-2-4-20(5-3-19)33-15-24(30)27-7-9-32-10-8-27/h1-6,11,18H,7-10,12-16H2,(H,26,31)/t18-/m0/s1. The predicted octanol–water partition coefficient (Wildman–Crippen LogP) is 1.32. The molecule has 0 aliphatic carbocycles. The van der Waals surface area contributed by atoms with E-state index >= 15 is 0 Å². The van der Waals surface area contributed by atoms with E-state index in [2.05, 4.69) is 5.32 Å². The fraction of sp³-hybridized carbons (Fsp3) is 0.400. The van der Waals surface area contributed by atoms with E-state index in [-0.39, 0.29) is 37.5 Å². The molecule has 2 fully saturated rings. The maximum absolute atomic E-state index is 12.7. The molecule has 3 heterocycles. The minimum absolute atomic E-state index is 0.0480. The van der Waals surface area contributed by atoms with Crippen LogP contribution in [-0.4, -0.2) is 68.9 Å². The summed E-state index contributed by atoms with van der Waals surface area (Å²) in [4.78, 5) is 40.8. The maximum Gasteiger partial charge on any atom is 0.260 e. The van der Waals surface area contributed by atoms with Crippen molar-refractivity contribution in [2.45, 2.75) is 13.0 Å². The molecule has 3 aliphatic rings. The highest BCUT2D eigenvalue weighted by Gasteiger charge is 2.35. The van der Waals surface area contributed by atoms with Crippen molar-refractivity contribution in [1.82, 2.24) is 10.2 Å². The van der Waals surface area contributed by atoms with E-state index < -0.39 is 5.92 Å². The van der Waals surface area contributed by atoms with Gasteiger partial charge in [-0.2, -0.15) is 0 Å². The van der Waals surface area contributed by atoms with Crippen molar-refractivity contribution in [3.63, 3.8) is 0 Å². The number of hydrogen-bond acceptors (Lipinski definition) is 7. The highest BCUT2D eigenvalue weighted by Crippen LogP contribution is 2.32. The zero-order valence-corrected chi connectivity index (χ0v) is 19.2. The van der Waals surface area contributed by atoms with Crippen molar-refractivity contribution < 1.29 is 33.3 Å². The van der Waals surface area contributed by atoms with Gasteiger partial charge < -0.3 is 34.1 Å². The van der Waals surface area contributed by atoms with Gasteiger partial charge in [0.25, 0.3) is 5.91 Å². The Morgan fingerprint density at radius 1 is 1.03 bits per heavy atom. The summed E-state index contributed by atoms with van der Waals surface area (Å²) in [6.07, 6.45) is 0.152. The smallest absolute Gasteiger partial charge is 0.260 e. The molecular weight excluding hydrogens is 454 g/mol. The molecule has 0 radical (unpaired) electrons. The Morgan fingerprint density at radius 3 is 2.60 bits per heavy atom. The molecule has 0 spiro atoms. The zero-order chi connectivity index (χ0) is 24.2. The molecule has 0 bridgehead atoms. The Morgan fingerprint density at radius 2 is 1.80 bits per heavy atom. The highest BCUT2D eigenvalue weighted by atomic mass is 16.7. The number of rotatable bonds is 7. The van der Waals surface area contributed by atoms with Crippen LogP contribution in [0, 0.1) is 5.92 Å². The topological polar surface area (TPSA) is 107 Å². The van der Waals surface area contributed by atoms with Gasteiger partial charge >= 0.3 is 0 Å². The number of carbonyl (C=O) groups is 3. The molecule has 184 valence electrons. The van der Waals surface area contributed by atoms with E-state index in [0.717, 1.165) is 5.56 Å². The average Bonchev–Trinajstić information content (AvgIpc) is 3.53. The molecule has 0 saturated carbocycles. The monoisotopic (exact) mass is 481 g/mol. The van der Waals surface area contributed by atoms with Crippen molar-refractivity contribution in [1.29, 1.82) is 0 Å². The molecule has 5 rings (SSSR count). The third kappa shape index (κ3) is 5.32. The van der Waals surface area contributed by atoms with Gasteiger partial charge in [-0.1, -0.05) is 6.07 Å². The number of anilines is 1. The van der Waals surface area contributed by atoms with Crippen LogP contribution in [0.15, 0.2) is 42.5 Å². The normalized spacial score (nSPS) is 19.1. The molecule has 1 atom stereocenters. The van der Waals surface area contributed by atoms with Crippen LogP contribution < -0.4 is 24.4 Å². The van der Waals surface area contributed by atoms with Gasteiger partial charge in [0.2, 0.25) is 18.6 Å². The molecule has 2 aromatic carbocycles. The third-order valence-electron chi connectivity index (χ3n) is 6.27. The first kappa shape index (κ1) is 23.0. The second-order valence-electron chi connectivity index (χ2n) is 8.59. The fourth-order valence-corrected chi connectivity index (χ4v) is 4.29. The summed E-state index contributed by atoms with van der Waals surface area (Å²) >= 11 is 0. The lowest BCUT2D eigenvalue weighted by Gasteiger charge is -2.26. The number of amides is 3. The number of ether oxygens (including phenoxy) is 4. The number of benzene rings is 2. The molecule has 0 unspecified atom stereocenters. The number of carbonyl (C=O) groups excluding carboxylic acids is 3. The number of hydrogen-bond donors (Lipinski definition) is 1. The van der Waals surface area contributed by atoms with Crippen molar-refractivity contribution in [3.8, 4) is 17.2 Å². The van der Waals surface area contributed by atoms with Gasteiger partial charge in [-0.15, -0.1) is 0 Å². The van der Waals surface area contributed by atoms with Crippen LogP contribution in [0.3, 0.4) is 0 Å². The summed E-state index contributed by atoms with van der Waals surface area (Å²) in [5.41, 5.74) is 1.58. The lowest BCUT2D eigenvalue weighted by atomic mass is 10.1. The summed E-state index contributed by atoms with van der Waals surface area (Å²) in [5.74, 6) is 1.11. The molecule has 3 aliphatic heterocycles. The van der Waals surface area contributed by atoms with Crippen LogP contribution in [0.2, 0.25) is 0 Å². The molecule has 10 heteroatoms. The van der Waals surface area contributed by atoms with E-state index in [0.29, 0.717) is 62.3 Å². The second kappa shape index (κ2) is 10.2. The molecule has 2 saturated heterocycles. The Balaban J connectivity index is 1.11. The van der Waals surface area contributed by atoms with Crippen LogP contribution >= 0.6 is 0 Å². The molecular formula is C25H27N3O7. The molecule has 1 N–H and O–H groups in total. The molecule has 10 nitrogen and oxygen atoms in total. The maximum atomic E-state index is 12.7. The van der Waals surface area contributed by atoms with Gasteiger partial charge in [0.15, 0.2) is 18.1 Å². The van der Waals surface area contributed by atoms with Gasteiger partial charge in [0.1, 0.15) is 5.75 Å². The zero-order valence-electron chi connectivity index (χ0n) is 19.2. The Hall–Kier alpha value is -3.79. The highest BCUT2D eigenvalue weighted by molar-refractivity contribution is 6.00. The van der Waals surface area contributed by atoms with Crippen molar-refractivity contribution in [2.75, 3.05) is 51.1 Å². The molecule has 0 aromatic heterocycles. The summed E-state index contributed by atoms with van der Waals surface area (Å²) in [6, 6.07) is 12.5. The van der Waals surface area contributed by atoms with E-state index in [4.69, 9.17) is 18.9 Å². The Labute approximate surface area is 202 Å². The van der Waals surface area contributed by atoms with Crippen molar-refractivity contribution >= 4 is 23.4 Å². The van der Waals surface area contributed by atoms with E-state index in [9.17, 15) is 14.4 Å². The summed E-state index contributed by atoms with van der Waals surface area (Å²) < 4.78 is 21.5. The summed E-state index contributed by atoms with van der Waals surface area (Å²) in [6.45, 7) is 3.03. The number of nitrogens with one attached hydrogen (secondary N) is 1. The Bertz CT molecular complexity index is 1100. The van der Waals surface area contributed by atoms with Crippen LogP contribution in [0.1, 0.15) is 12.0 Å². The van der Waals surface area contributed by atoms with Crippen LogP contribution in [0.4, 0.5) is 5.69 Å². The van der Waals surface area contributed by atoms with E-state index in [1.165, 1.54) is 0 Å². The van der Waals surface area contributed by atoms with Crippen LogP contribution in [0.25, 0.3) is 0 Å². The van der Waals surface area contributed by atoms with Gasteiger partial charge in [0, 0.05) is 38.3 Å². The average molecular weight is 482 g/mol. The largest absolute Gasteiger partial charge is 0.484 e. The lowest BCUT2D eigenvalue weighted by molar-refractivity contribution is -0.137. The minimum Gasteiger partial charge on any atom is -0.484 e. The molecule has 2 aromatic rings. The van der Waals surface area contributed by atoms with Crippen molar-refractivity contribution in [2.24, 2.45) is 5.92 Å².